The van der Waals surface area contributed by atoms with E-state index >= 15 is 0 Å². The first-order chi connectivity index (χ1) is 16.0. The second kappa shape index (κ2) is 9.55. The van der Waals surface area contributed by atoms with E-state index in [1.54, 1.807) is 0 Å². The first kappa shape index (κ1) is 22.7. The number of nitrogens with one attached hydrogen (secondary N) is 1. The summed E-state index contributed by atoms with van der Waals surface area (Å²) >= 11 is 0. The first-order valence-electron chi connectivity index (χ1n) is 11.4. The summed E-state index contributed by atoms with van der Waals surface area (Å²) in [7, 11) is 8.20. The average Bonchev–Trinajstić information content (AvgIpc) is 2.84. The fourth-order valence-corrected chi connectivity index (χ4v) is 4.49. The molecule has 0 bridgehead atoms. The molecule has 0 unspecified atom stereocenters. The Morgan fingerprint density at radius 3 is 1.61 bits per heavy atom. The van der Waals surface area contributed by atoms with Gasteiger partial charge in [-0.2, -0.15) is 0 Å². The number of hydrogen-bond donors (Lipinski definition) is 2. The van der Waals surface area contributed by atoms with E-state index in [9.17, 15) is 5.11 Å². The second-order valence-corrected chi connectivity index (χ2v) is 8.72. The molecular weight excluding hydrogens is 406 g/mol. The molecule has 4 aromatic carbocycles. The lowest BCUT2D eigenvalue weighted by Crippen LogP contribution is -2.09. The van der Waals surface area contributed by atoms with Gasteiger partial charge >= 0.3 is 0 Å². The molecule has 2 N–H and O–H groups in total. The van der Waals surface area contributed by atoms with Crippen LogP contribution in [0.25, 0.3) is 33.0 Å². The van der Waals surface area contributed by atoms with E-state index in [4.69, 9.17) is 0 Å². The van der Waals surface area contributed by atoms with Crippen molar-refractivity contribution in [2.24, 2.45) is 0 Å². The molecule has 4 nitrogen and oxygen atoms in total. The Hall–Kier alpha value is -3.50. The quantitative estimate of drug-likeness (QED) is 0.358. The minimum atomic E-state index is -0.0273. The molecule has 4 aromatic rings. The minimum absolute atomic E-state index is 0.0273. The topological polar surface area (TPSA) is 38.7 Å². The van der Waals surface area contributed by atoms with Gasteiger partial charge in [-0.15, -0.1) is 0 Å². The molecular formula is C29H33N3O. The van der Waals surface area contributed by atoms with Crippen molar-refractivity contribution in [1.82, 2.24) is 0 Å². The van der Waals surface area contributed by atoms with Crippen LogP contribution in [0.2, 0.25) is 0 Å². The SMILES string of the molecule is CCNc1c(-c2ccc(N(C)C)cc2)c(-c2ccc(N(C)C)cc2)c(CO)c2ccccc12. The van der Waals surface area contributed by atoms with E-state index < -0.39 is 0 Å². The van der Waals surface area contributed by atoms with Gasteiger partial charge in [-0.1, -0.05) is 48.5 Å². The van der Waals surface area contributed by atoms with Crippen LogP contribution in [-0.2, 0) is 6.61 Å². The number of hydrogen-bond acceptors (Lipinski definition) is 4. The van der Waals surface area contributed by atoms with Crippen molar-refractivity contribution >= 4 is 27.8 Å². The Balaban J connectivity index is 2.09. The van der Waals surface area contributed by atoms with Crippen molar-refractivity contribution in [3.05, 3.63) is 78.4 Å². The summed E-state index contributed by atoms with van der Waals surface area (Å²) < 4.78 is 0. The van der Waals surface area contributed by atoms with Gasteiger partial charge in [-0.3, -0.25) is 0 Å². The number of benzene rings is 4. The van der Waals surface area contributed by atoms with Gasteiger partial charge in [-0.25, -0.2) is 0 Å². The smallest absolute Gasteiger partial charge is 0.0694 e. The molecule has 33 heavy (non-hydrogen) atoms. The fourth-order valence-electron chi connectivity index (χ4n) is 4.49. The van der Waals surface area contributed by atoms with E-state index in [1.165, 1.54) is 0 Å². The molecule has 4 rings (SSSR count). The summed E-state index contributed by atoms with van der Waals surface area (Å²) in [6.45, 7) is 2.91. The van der Waals surface area contributed by atoms with Crippen molar-refractivity contribution in [3.8, 4) is 22.3 Å². The maximum atomic E-state index is 10.6. The monoisotopic (exact) mass is 439 g/mol. The largest absolute Gasteiger partial charge is 0.392 e. The van der Waals surface area contributed by atoms with Crippen molar-refractivity contribution in [2.75, 3.05) is 49.9 Å². The van der Waals surface area contributed by atoms with Crippen LogP contribution >= 0.6 is 0 Å². The van der Waals surface area contributed by atoms with Crippen LogP contribution in [-0.4, -0.2) is 39.8 Å². The molecule has 0 aromatic heterocycles. The highest BCUT2D eigenvalue weighted by Gasteiger charge is 2.21. The van der Waals surface area contributed by atoms with E-state index in [0.717, 1.165) is 62.2 Å². The minimum Gasteiger partial charge on any atom is -0.392 e. The lowest BCUT2D eigenvalue weighted by atomic mass is 9.85. The maximum Gasteiger partial charge on any atom is 0.0694 e. The number of fused-ring (bicyclic) bond motifs is 1. The number of rotatable bonds is 7. The van der Waals surface area contributed by atoms with Gasteiger partial charge in [0, 0.05) is 57.1 Å². The van der Waals surface area contributed by atoms with E-state index in [-0.39, 0.29) is 6.61 Å². The second-order valence-electron chi connectivity index (χ2n) is 8.72. The van der Waals surface area contributed by atoms with E-state index in [1.807, 2.05) is 20.2 Å². The van der Waals surface area contributed by atoms with Crippen molar-refractivity contribution in [2.45, 2.75) is 13.5 Å². The summed E-state index contributed by atoms with van der Waals surface area (Å²) in [4.78, 5) is 4.21. The lowest BCUT2D eigenvalue weighted by Gasteiger charge is -2.24. The van der Waals surface area contributed by atoms with Crippen LogP contribution in [0.1, 0.15) is 12.5 Å². The highest BCUT2D eigenvalue weighted by molar-refractivity contribution is 6.10. The number of anilines is 3. The molecule has 0 fully saturated rings. The fraction of sp³-hybridized carbons (Fsp3) is 0.241. The van der Waals surface area contributed by atoms with Crippen LogP contribution < -0.4 is 15.1 Å². The normalized spacial score (nSPS) is 11.0. The molecule has 0 saturated heterocycles. The summed E-state index contributed by atoms with van der Waals surface area (Å²) in [6, 6.07) is 25.6. The van der Waals surface area contributed by atoms with Crippen LogP contribution in [0.4, 0.5) is 17.1 Å². The zero-order valence-electron chi connectivity index (χ0n) is 20.2. The standard InChI is InChI=1S/C29H33N3O/c1-6-30-29-25-10-8-7-9-24(25)26(19-33)27(20-11-15-22(16-12-20)31(2)3)28(29)21-13-17-23(18-14-21)32(4)5/h7-18,30,33H,6,19H2,1-5H3. The lowest BCUT2D eigenvalue weighted by molar-refractivity contribution is 0.284. The predicted octanol–water partition coefficient (Wildman–Crippen LogP) is 6.23. The highest BCUT2D eigenvalue weighted by atomic mass is 16.3. The van der Waals surface area contributed by atoms with Crippen molar-refractivity contribution in [1.29, 1.82) is 0 Å². The van der Waals surface area contributed by atoms with Crippen molar-refractivity contribution in [3.63, 3.8) is 0 Å². The van der Waals surface area contributed by atoms with Gasteiger partial charge in [-0.05, 0) is 58.8 Å². The summed E-state index contributed by atoms with van der Waals surface area (Å²) in [5.74, 6) is 0. The highest BCUT2D eigenvalue weighted by Crippen LogP contribution is 2.46. The molecule has 0 aliphatic heterocycles. The van der Waals surface area contributed by atoms with Crippen LogP contribution in [0, 0.1) is 0 Å². The molecule has 170 valence electrons. The number of nitrogens with zero attached hydrogens (tertiary/aromatic N) is 2. The Morgan fingerprint density at radius 2 is 1.15 bits per heavy atom. The van der Waals surface area contributed by atoms with Gasteiger partial charge in [0.1, 0.15) is 0 Å². The van der Waals surface area contributed by atoms with Crippen LogP contribution in [0.5, 0.6) is 0 Å². The molecule has 4 heteroatoms. The molecule has 0 amide bonds. The van der Waals surface area contributed by atoms with Crippen LogP contribution in [0.3, 0.4) is 0 Å². The Bertz CT molecular complexity index is 1240. The zero-order valence-corrected chi connectivity index (χ0v) is 20.2. The maximum absolute atomic E-state index is 10.6. The summed E-state index contributed by atoms with van der Waals surface area (Å²) in [6.07, 6.45) is 0. The van der Waals surface area contributed by atoms with Gasteiger partial charge in [0.2, 0.25) is 0 Å². The number of aliphatic hydroxyl groups is 1. The Kier molecular flexibility index (Phi) is 6.57. The zero-order chi connectivity index (χ0) is 23.5. The Morgan fingerprint density at radius 1 is 0.667 bits per heavy atom. The van der Waals surface area contributed by atoms with Gasteiger partial charge in [0.25, 0.3) is 0 Å². The predicted molar refractivity (Wildman–Crippen MR) is 144 cm³/mol. The van der Waals surface area contributed by atoms with Crippen LogP contribution in [0.15, 0.2) is 72.8 Å². The molecule has 0 aliphatic rings. The molecule has 0 aliphatic carbocycles. The van der Waals surface area contributed by atoms with Gasteiger partial charge in [0.15, 0.2) is 0 Å². The molecule has 0 saturated carbocycles. The van der Waals surface area contributed by atoms with Gasteiger partial charge < -0.3 is 20.2 Å². The summed E-state index contributed by atoms with van der Waals surface area (Å²) in [5.41, 5.74) is 8.80. The average molecular weight is 440 g/mol. The number of aliphatic hydroxyl groups excluding tert-OH is 1. The Labute approximate surface area is 197 Å². The van der Waals surface area contributed by atoms with Gasteiger partial charge in [0.05, 0.1) is 12.3 Å². The van der Waals surface area contributed by atoms with E-state index in [2.05, 4.69) is 103 Å². The molecule has 0 atom stereocenters. The van der Waals surface area contributed by atoms with Crippen molar-refractivity contribution < 1.29 is 5.11 Å². The first-order valence-corrected chi connectivity index (χ1v) is 11.4. The summed E-state index contributed by atoms with van der Waals surface area (Å²) in [5, 5.41) is 16.4. The third-order valence-electron chi connectivity index (χ3n) is 6.18. The molecule has 0 heterocycles. The molecule has 0 radical (unpaired) electrons. The third kappa shape index (κ3) is 4.27. The van der Waals surface area contributed by atoms with E-state index in [0.29, 0.717) is 0 Å². The third-order valence-corrected chi connectivity index (χ3v) is 6.18. The molecule has 0 spiro atoms.